The van der Waals surface area contributed by atoms with Crippen molar-refractivity contribution in [1.29, 1.82) is 0 Å². The third kappa shape index (κ3) is 3.62. The summed E-state index contributed by atoms with van der Waals surface area (Å²) in [7, 11) is 0. The number of anilines is 1. The number of aromatic nitrogens is 2. The summed E-state index contributed by atoms with van der Waals surface area (Å²) in [5, 5.41) is 17.6. The Hall–Kier alpha value is -1.23. The van der Waals surface area contributed by atoms with Gasteiger partial charge >= 0.3 is 0 Å². The molecule has 0 aliphatic heterocycles. The lowest BCUT2D eigenvalue weighted by molar-refractivity contribution is 0.269. The molecule has 0 radical (unpaired) electrons. The van der Waals surface area contributed by atoms with E-state index < -0.39 is 0 Å². The lowest BCUT2D eigenvalue weighted by Gasteiger charge is -2.15. The maximum atomic E-state index is 8.84. The predicted octanol–water partition coefficient (Wildman–Crippen LogP) is 3.36. The second-order valence-electron chi connectivity index (χ2n) is 4.25. The van der Waals surface area contributed by atoms with Gasteiger partial charge in [-0.3, -0.25) is 4.68 Å². The average Bonchev–Trinajstić information content (AvgIpc) is 2.80. The van der Waals surface area contributed by atoms with Crippen LogP contribution in [0.4, 0.5) is 5.69 Å². The van der Waals surface area contributed by atoms with Gasteiger partial charge in [0.15, 0.2) is 0 Å². The lowest BCUT2D eigenvalue weighted by Crippen LogP contribution is -2.07. The summed E-state index contributed by atoms with van der Waals surface area (Å²) in [5.74, 6) is 0. The Balaban J connectivity index is 2.11. The van der Waals surface area contributed by atoms with Crippen molar-refractivity contribution in [3.8, 4) is 0 Å². The fraction of sp³-hybridized carbons (Fsp3) is 0.308. The van der Waals surface area contributed by atoms with Crippen LogP contribution in [0, 0.1) is 0 Å². The van der Waals surface area contributed by atoms with Gasteiger partial charge in [-0.25, -0.2) is 0 Å². The summed E-state index contributed by atoms with van der Waals surface area (Å²) in [6, 6.07) is 5.41. The number of rotatable bonds is 5. The van der Waals surface area contributed by atoms with E-state index in [1.54, 1.807) is 23.0 Å². The lowest BCUT2D eigenvalue weighted by atomic mass is 10.1. The summed E-state index contributed by atoms with van der Waals surface area (Å²) in [4.78, 5) is 0. The molecular weight excluding hydrogens is 285 g/mol. The number of halogens is 2. The van der Waals surface area contributed by atoms with Crippen molar-refractivity contribution in [3.05, 3.63) is 46.2 Å². The molecule has 0 fully saturated rings. The molecule has 0 aliphatic rings. The highest BCUT2D eigenvalue weighted by atomic mass is 35.5. The molecule has 2 aromatic rings. The minimum atomic E-state index is 0.0120. The molecule has 102 valence electrons. The van der Waals surface area contributed by atoms with Crippen molar-refractivity contribution in [2.24, 2.45) is 0 Å². The van der Waals surface area contributed by atoms with E-state index in [0.29, 0.717) is 16.6 Å². The van der Waals surface area contributed by atoms with Crippen LogP contribution in [-0.2, 0) is 6.54 Å². The van der Waals surface area contributed by atoms with Gasteiger partial charge in [-0.05, 0) is 30.7 Å². The van der Waals surface area contributed by atoms with Gasteiger partial charge in [-0.1, -0.05) is 23.2 Å². The molecule has 2 N–H and O–H groups in total. The quantitative estimate of drug-likeness (QED) is 0.890. The minimum absolute atomic E-state index is 0.0120. The molecular formula is C13H15Cl2N3O. The molecule has 1 aromatic heterocycles. The van der Waals surface area contributed by atoms with Gasteiger partial charge in [0, 0.05) is 16.2 Å². The fourth-order valence-electron chi connectivity index (χ4n) is 1.84. The first-order chi connectivity index (χ1) is 9.10. The van der Waals surface area contributed by atoms with Crippen LogP contribution in [0.25, 0.3) is 0 Å². The van der Waals surface area contributed by atoms with E-state index in [1.165, 1.54) is 0 Å². The van der Waals surface area contributed by atoms with Crippen molar-refractivity contribution in [3.63, 3.8) is 0 Å². The van der Waals surface area contributed by atoms with Crippen LogP contribution in [0.5, 0.6) is 0 Å². The Labute approximate surface area is 122 Å². The molecule has 2 rings (SSSR count). The summed E-state index contributed by atoms with van der Waals surface area (Å²) >= 11 is 12.1. The number of nitrogens with one attached hydrogen (secondary N) is 1. The number of hydrogen-bond acceptors (Lipinski definition) is 3. The Morgan fingerprint density at radius 3 is 2.95 bits per heavy atom. The zero-order chi connectivity index (χ0) is 13.8. The highest BCUT2D eigenvalue weighted by Gasteiger charge is 2.11. The molecule has 0 aliphatic carbocycles. The number of aliphatic hydroxyl groups is 1. The highest BCUT2D eigenvalue weighted by Crippen LogP contribution is 2.28. The van der Waals surface area contributed by atoms with Gasteiger partial charge in [0.2, 0.25) is 0 Å². The largest absolute Gasteiger partial charge is 0.394 e. The molecule has 1 atom stereocenters. The minimum Gasteiger partial charge on any atom is -0.394 e. The van der Waals surface area contributed by atoms with E-state index in [0.717, 1.165) is 11.3 Å². The van der Waals surface area contributed by atoms with E-state index in [4.69, 9.17) is 28.3 Å². The van der Waals surface area contributed by atoms with Crippen LogP contribution in [0.15, 0.2) is 30.6 Å². The van der Waals surface area contributed by atoms with E-state index in [2.05, 4.69) is 10.4 Å². The summed E-state index contributed by atoms with van der Waals surface area (Å²) in [5.41, 5.74) is 1.81. The zero-order valence-electron chi connectivity index (χ0n) is 10.5. The van der Waals surface area contributed by atoms with Crippen LogP contribution < -0.4 is 5.32 Å². The summed E-state index contributed by atoms with van der Waals surface area (Å²) in [6.45, 7) is 2.55. The molecule has 0 amide bonds. The molecule has 4 nitrogen and oxygen atoms in total. The summed E-state index contributed by atoms with van der Waals surface area (Å²) < 4.78 is 1.68. The monoisotopic (exact) mass is 299 g/mol. The number of benzene rings is 1. The van der Waals surface area contributed by atoms with Gasteiger partial charge in [0.05, 0.1) is 31.1 Å². The first-order valence-corrected chi connectivity index (χ1v) is 6.70. The molecule has 0 bridgehead atoms. The van der Waals surface area contributed by atoms with Crippen molar-refractivity contribution in [2.75, 3.05) is 11.9 Å². The predicted molar refractivity (Wildman–Crippen MR) is 77.8 cm³/mol. The zero-order valence-corrected chi connectivity index (χ0v) is 12.0. The van der Waals surface area contributed by atoms with Gasteiger partial charge in [0.1, 0.15) is 0 Å². The van der Waals surface area contributed by atoms with E-state index in [-0.39, 0.29) is 12.6 Å². The topological polar surface area (TPSA) is 50.1 Å². The Morgan fingerprint density at radius 2 is 2.21 bits per heavy atom. The molecule has 19 heavy (non-hydrogen) atoms. The second-order valence-corrected chi connectivity index (χ2v) is 5.09. The molecule has 0 saturated heterocycles. The third-order valence-corrected chi connectivity index (χ3v) is 3.35. The SMILES string of the molecule is CC(Nc1cnn(CCO)c1)c1cc(Cl)ccc1Cl. The van der Waals surface area contributed by atoms with Crippen LogP contribution in [-0.4, -0.2) is 21.5 Å². The van der Waals surface area contributed by atoms with Gasteiger partial charge < -0.3 is 10.4 Å². The molecule has 1 unspecified atom stereocenters. The van der Waals surface area contributed by atoms with E-state index in [9.17, 15) is 0 Å². The van der Waals surface area contributed by atoms with Gasteiger partial charge in [0.25, 0.3) is 0 Å². The number of hydrogen-bond donors (Lipinski definition) is 2. The first-order valence-electron chi connectivity index (χ1n) is 5.95. The summed E-state index contributed by atoms with van der Waals surface area (Å²) in [6.07, 6.45) is 3.55. The standard InChI is InChI=1S/C13H15Cl2N3O/c1-9(12-6-10(14)2-3-13(12)15)17-11-7-16-18(8-11)4-5-19/h2-3,6-9,17,19H,4-5H2,1H3. The number of aliphatic hydroxyl groups excluding tert-OH is 1. The fourth-order valence-corrected chi connectivity index (χ4v) is 2.30. The maximum absolute atomic E-state index is 8.84. The van der Waals surface area contributed by atoms with E-state index in [1.807, 2.05) is 19.2 Å². The Kier molecular flexibility index (Phi) is 4.69. The Bertz CT molecular complexity index is 557. The molecule has 0 saturated carbocycles. The number of nitrogens with zero attached hydrogens (tertiary/aromatic N) is 2. The van der Waals surface area contributed by atoms with Crippen molar-refractivity contribution >= 4 is 28.9 Å². The average molecular weight is 300 g/mol. The van der Waals surface area contributed by atoms with Crippen molar-refractivity contribution < 1.29 is 5.11 Å². The molecule has 1 heterocycles. The molecule has 1 aromatic carbocycles. The Morgan fingerprint density at radius 1 is 1.42 bits per heavy atom. The highest BCUT2D eigenvalue weighted by molar-refractivity contribution is 6.33. The molecule has 0 spiro atoms. The van der Waals surface area contributed by atoms with Crippen LogP contribution >= 0.6 is 23.2 Å². The molecule has 6 heteroatoms. The van der Waals surface area contributed by atoms with Crippen LogP contribution in [0.2, 0.25) is 10.0 Å². The van der Waals surface area contributed by atoms with E-state index >= 15 is 0 Å². The van der Waals surface area contributed by atoms with Crippen molar-refractivity contribution in [1.82, 2.24) is 9.78 Å². The van der Waals surface area contributed by atoms with Crippen LogP contribution in [0.3, 0.4) is 0 Å². The normalized spacial score (nSPS) is 12.4. The van der Waals surface area contributed by atoms with Crippen molar-refractivity contribution in [2.45, 2.75) is 19.5 Å². The first kappa shape index (κ1) is 14.2. The smallest absolute Gasteiger partial charge is 0.0731 e. The van der Waals surface area contributed by atoms with Crippen LogP contribution in [0.1, 0.15) is 18.5 Å². The second kappa shape index (κ2) is 6.28. The third-order valence-electron chi connectivity index (χ3n) is 2.77. The van der Waals surface area contributed by atoms with Gasteiger partial charge in [-0.15, -0.1) is 0 Å². The maximum Gasteiger partial charge on any atom is 0.0731 e. The van der Waals surface area contributed by atoms with Gasteiger partial charge in [-0.2, -0.15) is 5.10 Å².